The van der Waals surface area contributed by atoms with Crippen molar-refractivity contribution < 1.29 is 0 Å². The van der Waals surface area contributed by atoms with Crippen molar-refractivity contribution in [3.05, 3.63) is 45.5 Å². The van der Waals surface area contributed by atoms with Gasteiger partial charge in [-0.05, 0) is 46.3 Å². The molecule has 2 nitrogen and oxygen atoms in total. The van der Waals surface area contributed by atoms with E-state index in [1.54, 1.807) is 18.0 Å². The van der Waals surface area contributed by atoms with Gasteiger partial charge in [0, 0.05) is 21.3 Å². The monoisotopic (exact) mass is 358 g/mol. The highest BCUT2D eigenvalue weighted by atomic mass is 79.9. The topological polar surface area (TPSA) is 38.9 Å². The summed E-state index contributed by atoms with van der Waals surface area (Å²) in [6.07, 6.45) is 1.77. The zero-order valence-corrected chi connectivity index (χ0v) is 12.1. The number of anilines is 1. The van der Waals surface area contributed by atoms with Crippen LogP contribution in [0.2, 0.25) is 0 Å². The molecule has 2 N–H and O–H groups in total. The number of nitrogen functional groups attached to an aromatic ring is 1. The van der Waals surface area contributed by atoms with Crippen molar-refractivity contribution in [2.45, 2.75) is 9.92 Å². The van der Waals surface area contributed by atoms with E-state index in [9.17, 15) is 0 Å². The molecule has 0 amide bonds. The van der Waals surface area contributed by atoms with Gasteiger partial charge in [0.15, 0.2) is 0 Å². The zero-order valence-electron chi connectivity index (χ0n) is 8.15. The summed E-state index contributed by atoms with van der Waals surface area (Å²) in [5, 5.41) is 0.913. The number of nitrogens with two attached hydrogens (primary N) is 1. The largest absolute Gasteiger partial charge is 0.398 e. The fourth-order valence-corrected chi connectivity index (χ4v) is 2.84. The Kier molecular flexibility index (Phi) is 3.89. The molecular formula is C11H8Br2N2S. The lowest BCUT2D eigenvalue weighted by Crippen LogP contribution is -1.89. The number of pyridine rings is 1. The number of aromatic nitrogens is 1. The van der Waals surface area contributed by atoms with Gasteiger partial charge in [-0.1, -0.05) is 27.7 Å². The van der Waals surface area contributed by atoms with Gasteiger partial charge in [-0.3, -0.25) is 0 Å². The Labute approximate surface area is 115 Å². The SMILES string of the molecule is Nc1cc(Br)ccc1Sc1ncccc1Br. The summed E-state index contributed by atoms with van der Waals surface area (Å²) >= 11 is 8.39. The maximum Gasteiger partial charge on any atom is 0.115 e. The molecule has 0 fully saturated rings. The number of hydrogen-bond donors (Lipinski definition) is 1. The van der Waals surface area contributed by atoms with Gasteiger partial charge in [-0.2, -0.15) is 0 Å². The van der Waals surface area contributed by atoms with E-state index >= 15 is 0 Å². The Morgan fingerprint density at radius 3 is 2.69 bits per heavy atom. The number of nitrogens with zero attached hydrogens (tertiary/aromatic N) is 1. The number of halogens is 2. The van der Waals surface area contributed by atoms with Gasteiger partial charge >= 0.3 is 0 Å². The number of benzene rings is 1. The lowest BCUT2D eigenvalue weighted by Gasteiger charge is -2.06. The minimum absolute atomic E-state index is 0.747. The second-order valence-corrected chi connectivity index (χ2v) is 5.88. The molecular weight excluding hydrogens is 352 g/mol. The Bertz CT molecular complexity index is 517. The van der Waals surface area contributed by atoms with Crippen LogP contribution in [0, 0.1) is 0 Å². The summed E-state index contributed by atoms with van der Waals surface area (Å²) in [5.74, 6) is 0. The van der Waals surface area contributed by atoms with E-state index in [1.807, 2.05) is 30.3 Å². The van der Waals surface area contributed by atoms with Crippen LogP contribution in [-0.2, 0) is 0 Å². The van der Waals surface area contributed by atoms with E-state index in [2.05, 4.69) is 36.8 Å². The van der Waals surface area contributed by atoms with Gasteiger partial charge in [-0.25, -0.2) is 4.98 Å². The van der Waals surface area contributed by atoms with Crippen LogP contribution in [0.3, 0.4) is 0 Å². The van der Waals surface area contributed by atoms with Gasteiger partial charge in [0.2, 0.25) is 0 Å². The first-order valence-electron chi connectivity index (χ1n) is 4.50. The van der Waals surface area contributed by atoms with E-state index < -0.39 is 0 Å². The fourth-order valence-electron chi connectivity index (χ4n) is 1.16. The average Bonchev–Trinajstić information content (AvgIpc) is 2.25. The maximum absolute atomic E-state index is 5.93. The van der Waals surface area contributed by atoms with Crippen LogP contribution >= 0.6 is 43.6 Å². The first kappa shape index (κ1) is 12.0. The molecule has 2 aromatic rings. The van der Waals surface area contributed by atoms with Crippen LogP contribution < -0.4 is 5.73 Å². The number of rotatable bonds is 2. The van der Waals surface area contributed by atoms with E-state index in [0.717, 1.165) is 24.6 Å². The van der Waals surface area contributed by atoms with Gasteiger partial charge in [-0.15, -0.1) is 0 Å². The van der Waals surface area contributed by atoms with Crippen molar-refractivity contribution in [2.24, 2.45) is 0 Å². The second-order valence-electron chi connectivity index (χ2n) is 3.07. The Morgan fingerprint density at radius 1 is 1.19 bits per heavy atom. The van der Waals surface area contributed by atoms with Gasteiger partial charge in [0.05, 0.1) is 4.47 Å². The molecule has 0 atom stereocenters. The van der Waals surface area contributed by atoms with Crippen LogP contribution in [0.5, 0.6) is 0 Å². The Balaban J connectivity index is 2.31. The third kappa shape index (κ3) is 2.78. The molecule has 0 aliphatic carbocycles. The average molecular weight is 360 g/mol. The van der Waals surface area contributed by atoms with Crippen molar-refractivity contribution in [1.82, 2.24) is 4.98 Å². The highest BCUT2D eigenvalue weighted by Gasteiger charge is 2.06. The van der Waals surface area contributed by atoms with Crippen molar-refractivity contribution >= 4 is 49.3 Å². The molecule has 1 aromatic heterocycles. The molecule has 5 heteroatoms. The van der Waals surface area contributed by atoms with Crippen LogP contribution in [0.15, 0.2) is 55.4 Å². The first-order chi connectivity index (χ1) is 7.66. The van der Waals surface area contributed by atoms with Crippen LogP contribution in [-0.4, -0.2) is 4.98 Å². The molecule has 0 spiro atoms. The lowest BCUT2D eigenvalue weighted by molar-refractivity contribution is 1.11. The molecule has 0 saturated carbocycles. The smallest absolute Gasteiger partial charge is 0.115 e. The molecule has 0 unspecified atom stereocenters. The van der Waals surface area contributed by atoms with Gasteiger partial charge < -0.3 is 5.73 Å². The normalized spacial score (nSPS) is 10.4. The van der Waals surface area contributed by atoms with Crippen LogP contribution in [0.1, 0.15) is 0 Å². The summed E-state index contributed by atoms with van der Waals surface area (Å²) in [5.41, 5.74) is 6.67. The van der Waals surface area contributed by atoms with Gasteiger partial charge in [0.25, 0.3) is 0 Å². The number of hydrogen-bond acceptors (Lipinski definition) is 3. The Morgan fingerprint density at radius 2 is 2.00 bits per heavy atom. The first-order valence-corrected chi connectivity index (χ1v) is 6.90. The molecule has 16 heavy (non-hydrogen) atoms. The zero-order chi connectivity index (χ0) is 11.5. The van der Waals surface area contributed by atoms with Gasteiger partial charge in [0.1, 0.15) is 5.03 Å². The van der Waals surface area contributed by atoms with E-state index in [4.69, 9.17) is 5.73 Å². The molecule has 0 aliphatic rings. The quantitative estimate of drug-likeness (QED) is 0.810. The minimum Gasteiger partial charge on any atom is -0.398 e. The predicted octanol–water partition coefficient (Wildman–Crippen LogP) is 4.34. The molecule has 82 valence electrons. The molecule has 1 aromatic carbocycles. The lowest BCUT2D eigenvalue weighted by atomic mass is 10.3. The van der Waals surface area contributed by atoms with Crippen LogP contribution in [0.4, 0.5) is 5.69 Å². The third-order valence-corrected chi connectivity index (χ3v) is 4.41. The van der Waals surface area contributed by atoms with E-state index in [-0.39, 0.29) is 0 Å². The summed E-state index contributed by atoms with van der Waals surface area (Å²) in [6.45, 7) is 0. The molecule has 0 aliphatic heterocycles. The molecule has 1 heterocycles. The summed E-state index contributed by atoms with van der Waals surface area (Å²) < 4.78 is 1.96. The van der Waals surface area contributed by atoms with Crippen molar-refractivity contribution in [1.29, 1.82) is 0 Å². The molecule has 2 rings (SSSR count). The minimum atomic E-state index is 0.747. The second kappa shape index (κ2) is 5.21. The summed E-state index contributed by atoms with van der Waals surface area (Å²) in [7, 11) is 0. The van der Waals surface area contributed by atoms with Crippen LogP contribution in [0.25, 0.3) is 0 Å². The molecule has 0 bridgehead atoms. The fraction of sp³-hybridized carbons (Fsp3) is 0. The molecule has 0 saturated heterocycles. The predicted molar refractivity (Wildman–Crippen MR) is 74.6 cm³/mol. The highest BCUT2D eigenvalue weighted by molar-refractivity contribution is 9.10. The third-order valence-electron chi connectivity index (χ3n) is 1.90. The summed E-state index contributed by atoms with van der Waals surface area (Å²) in [4.78, 5) is 5.29. The molecule has 0 radical (unpaired) electrons. The standard InChI is InChI=1S/C11H8Br2N2S/c12-7-3-4-10(9(14)6-7)16-11-8(13)2-1-5-15-11/h1-6H,14H2. The van der Waals surface area contributed by atoms with Crippen molar-refractivity contribution in [3.63, 3.8) is 0 Å². The van der Waals surface area contributed by atoms with Crippen molar-refractivity contribution in [3.8, 4) is 0 Å². The summed E-state index contributed by atoms with van der Waals surface area (Å²) in [6, 6.07) is 9.68. The highest BCUT2D eigenvalue weighted by Crippen LogP contribution is 2.35. The van der Waals surface area contributed by atoms with Crippen molar-refractivity contribution in [2.75, 3.05) is 5.73 Å². The van der Waals surface area contributed by atoms with E-state index in [0.29, 0.717) is 0 Å². The van der Waals surface area contributed by atoms with E-state index in [1.165, 1.54) is 0 Å². The Hall–Kier alpha value is -0.520. The maximum atomic E-state index is 5.93.